The molecule has 1 saturated carbocycles. The quantitative estimate of drug-likeness (QED) is 0.484. The molecule has 9 nitrogen and oxygen atoms in total. The molecule has 33 heavy (non-hydrogen) atoms. The molecule has 0 bridgehead atoms. The molecule has 3 N–H and O–H groups in total. The second-order valence-electron chi connectivity index (χ2n) is 9.07. The molecule has 0 unspecified atom stereocenters. The Bertz CT molecular complexity index is 1290. The first-order valence-corrected chi connectivity index (χ1v) is 12.1. The molecule has 1 aromatic heterocycles. The van der Waals surface area contributed by atoms with E-state index in [0.717, 1.165) is 24.2 Å². The van der Waals surface area contributed by atoms with E-state index in [1.165, 1.54) is 25.3 Å². The average molecular weight is 470 g/mol. The van der Waals surface area contributed by atoms with Gasteiger partial charge in [0.1, 0.15) is 16.5 Å². The number of anilines is 1. The Morgan fingerprint density at radius 1 is 1.15 bits per heavy atom. The number of aromatic nitrogens is 3. The van der Waals surface area contributed by atoms with E-state index in [1.807, 2.05) is 6.07 Å². The Balaban J connectivity index is 1.57. The number of carbonyl (C=O) groups excluding carboxylic acids is 1. The summed E-state index contributed by atoms with van der Waals surface area (Å²) in [6, 6.07) is 11.5. The van der Waals surface area contributed by atoms with E-state index in [0.29, 0.717) is 17.4 Å². The molecular formula is C23H27N5O4S. The van der Waals surface area contributed by atoms with Crippen molar-refractivity contribution in [3.63, 3.8) is 0 Å². The number of sulfonamides is 1. The molecule has 4 rings (SSSR count). The number of nitrogens with zero attached hydrogens (tertiary/aromatic N) is 2. The number of benzene rings is 2. The van der Waals surface area contributed by atoms with E-state index in [-0.39, 0.29) is 16.2 Å². The van der Waals surface area contributed by atoms with Crippen LogP contribution < -0.4 is 14.8 Å². The van der Waals surface area contributed by atoms with Crippen LogP contribution in [0.15, 0.2) is 47.4 Å². The van der Waals surface area contributed by atoms with Gasteiger partial charge >= 0.3 is 0 Å². The van der Waals surface area contributed by atoms with Gasteiger partial charge in [0.05, 0.1) is 7.11 Å². The second kappa shape index (κ2) is 8.60. The fourth-order valence-electron chi connectivity index (χ4n) is 3.37. The molecule has 1 aliphatic rings. The molecule has 0 saturated heterocycles. The summed E-state index contributed by atoms with van der Waals surface area (Å²) in [5.41, 5.74) is 0.804. The lowest BCUT2D eigenvalue weighted by Crippen LogP contribution is -2.40. The smallest absolute Gasteiger partial charge is 0.255 e. The largest absolute Gasteiger partial charge is 0.495 e. The standard InChI is InChI=1S/C23H27N5O4S/c1-23(2,3)28-33(30,31)19-13-16(10-11-18(19)32-4)22(29)24-17-7-5-6-15(12-17)21-25-20(26-27-21)14-8-9-14/h5-7,10-14,28H,8-9H2,1-4H3,(H,24,29)(H,25,26,27). The molecule has 0 atom stereocenters. The first kappa shape index (κ1) is 22.9. The fourth-order valence-corrected chi connectivity index (χ4v) is 4.98. The third-order valence-electron chi connectivity index (χ3n) is 5.00. The number of hydrogen-bond acceptors (Lipinski definition) is 6. The van der Waals surface area contributed by atoms with Crippen LogP contribution in [0.3, 0.4) is 0 Å². The lowest BCUT2D eigenvalue weighted by Gasteiger charge is -2.21. The third-order valence-corrected chi connectivity index (χ3v) is 6.78. The number of nitrogens with one attached hydrogen (secondary N) is 3. The first-order chi connectivity index (χ1) is 15.6. The zero-order chi connectivity index (χ0) is 23.8. The van der Waals surface area contributed by atoms with Crippen molar-refractivity contribution < 1.29 is 17.9 Å². The van der Waals surface area contributed by atoms with Crippen LogP contribution in [0.25, 0.3) is 11.4 Å². The summed E-state index contributed by atoms with van der Waals surface area (Å²) in [5.74, 6) is 1.62. The minimum absolute atomic E-state index is 0.102. The van der Waals surface area contributed by atoms with Crippen LogP contribution in [0.2, 0.25) is 0 Å². The van der Waals surface area contributed by atoms with Crippen molar-refractivity contribution in [1.29, 1.82) is 0 Å². The Morgan fingerprint density at radius 3 is 2.58 bits per heavy atom. The van der Waals surface area contributed by atoms with Crippen molar-refractivity contribution in [2.24, 2.45) is 0 Å². The Morgan fingerprint density at radius 2 is 1.91 bits per heavy atom. The van der Waals surface area contributed by atoms with Gasteiger partial charge in [0.25, 0.3) is 5.91 Å². The zero-order valence-electron chi connectivity index (χ0n) is 19.0. The number of carbonyl (C=O) groups is 1. The topological polar surface area (TPSA) is 126 Å². The predicted molar refractivity (Wildman–Crippen MR) is 125 cm³/mol. The van der Waals surface area contributed by atoms with Crippen molar-refractivity contribution in [3.05, 3.63) is 53.9 Å². The normalized spacial score (nSPS) is 14.2. The highest BCUT2D eigenvalue weighted by atomic mass is 32.2. The summed E-state index contributed by atoms with van der Waals surface area (Å²) in [4.78, 5) is 17.4. The summed E-state index contributed by atoms with van der Waals surface area (Å²) < 4.78 is 33.6. The van der Waals surface area contributed by atoms with Crippen LogP contribution in [0.4, 0.5) is 5.69 Å². The monoisotopic (exact) mass is 469 g/mol. The molecule has 10 heteroatoms. The van der Waals surface area contributed by atoms with Crippen molar-refractivity contribution in [2.45, 2.75) is 50.0 Å². The lowest BCUT2D eigenvalue weighted by atomic mass is 10.1. The summed E-state index contributed by atoms with van der Waals surface area (Å²) in [7, 11) is -2.52. The van der Waals surface area contributed by atoms with Gasteiger partial charge in [0.2, 0.25) is 10.0 Å². The maximum atomic E-state index is 12.9. The molecular weight excluding hydrogens is 442 g/mol. The van der Waals surface area contributed by atoms with Crippen LogP contribution in [0.1, 0.15) is 55.7 Å². The maximum Gasteiger partial charge on any atom is 0.255 e. The third kappa shape index (κ3) is 5.40. The molecule has 0 radical (unpaired) electrons. The molecule has 174 valence electrons. The predicted octanol–water partition coefficient (Wildman–Crippen LogP) is 3.69. The summed E-state index contributed by atoms with van der Waals surface area (Å²) in [6.07, 6.45) is 2.24. The van der Waals surface area contributed by atoms with Crippen molar-refractivity contribution in [1.82, 2.24) is 19.9 Å². The molecule has 3 aromatic rings. The van der Waals surface area contributed by atoms with Gasteiger partial charge in [-0.25, -0.2) is 18.1 Å². The number of methoxy groups -OCH3 is 1. The highest BCUT2D eigenvalue weighted by Crippen LogP contribution is 2.38. The van der Waals surface area contributed by atoms with Crippen LogP contribution in [0.5, 0.6) is 5.75 Å². The molecule has 0 aliphatic heterocycles. The molecule has 1 fully saturated rings. The van der Waals surface area contributed by atoms with Crippen molar-refractivity contribution in [3.8, 4) is 17.1 Å². The SMILES string of the molecule is COc1ccc(C(=O)Nc2cccc(-c3n[nH]c(C4CC4)n3)c2)cc1S(=O)(=O)NC(C)(C)C. The van der Waals surface area contributed by atoms with Gasteiger partial charge in [0.15, 0.2) is 5.82 Å². The Kier molecular flexibility index (Phi) is 5.98. The van der Waals surface area contributed by atoms with Crippen LogP contribution in [-0.2, 0) is 10.0 Å². The van der Waals surface area contributed by atoms with Gasteiger partial charge in [0, 0.05) is 28.3 Å². The number of ether oxygens (including phenoxy) is 1. The van der Waals surface area contributed by atoms with E-state index >= 15 is 0 Å². The lowest BCUT2D eigenvalue weighted by molar-refractivity contribution is 0.102. The van der Waals surface area contributed by atoms with Gasteiger partial charge in [-0.1, -0.05) is 12.1 Å². The molecule has 1 heterocycles. The highest BCUT2D eigenvalue weighted by molar-refractivity contribution is 7.89. The highest BCUT2D eigenvalue weighted by Gasteiger charge is 2.28. The fraction of sp³-hybridized carbons (Fsp3) is 0.348. The van der Waals surface area contributed by atoms with Crippen LogP contribution in [-0.4, -0.2) is 42.2 Å². The molecule has 1 aliphatic carbocycles. The van der Waals surface area contributed by atoms with Gasteiger partial charge in [-0.05, 0) is 63.9 Å². The van der Waals surface area contributed by atoms with Gasteiger partial charge in [-0.3, -0.25) is 9.89 Å². The first-order valence-electron chi connectivity index (χ1n) is 10.6. The van der Waals surface area contributed by atoms with E-state index < -0.39 is 21.5 Å². The van der Waals surface area contributed by atoms with Crippen LogP contribution in [0, 0.1) is 0 Å². The summed E-state index contributed by atoms with van der Waals surface area (Å²) >= 11 is 0. The second-order valence-corrected chi connectivity index (χ2v) is 10.7. The van der Waals surface area contributed by atoms with Gasteiger partial charge in [-0.2, -0.15) is 5.10 Å². The summed E-state index contributed by atoms with van der Waals surface area (Å²) in [5, 5.41) is 10.1. The van der Waals surface area contributed by atoms with E-state index in [1.54, 1.807) is 39.0 Å². The van der Waals surface area contributed by atoms with Gasteiger partial charge < -0.3 is 10.1 Å². The average Bonchev–Trinajstić information content (AvgIpc) is 3.48. The van der Waals surface area contributed by atoms with Crippen molar-refractivity contribution >= 4 is 21.6 Å². The number of H-pyrrole nitrogens is 1. The van der Waals surface area contributed by atoms with E-state index in [4.69, 9.17) is 4.74 Å². The minimum atomic E-state index is -3.91. The Labute approximate surface area is 193 Å². The Hall–Kier alpha value is -3.24. The van der Waals surface area contributed by atoms with Crippen LogP contribution >= 0.6 is 0 Å². The van der Waals surface area contributed by atoms with E-state index in [2.05, 4.69) is 25.2 Å². The summed E-state index contributed by atoms with van der Waals surface area (Å²) in [6.45, 7) is 5.22. The maximum absolute atomic E-state index is 12.9. The zero-order valence-corrected chi connectivity index (χ0v) is 19.8. The molecule has 0 spiro atoms. The number of aromatic amines is 1. The van der Waals surface area contributed by atoms with E-state index in [9.17, 15) is 13.2 Å². The van der Waals surface area contributed by atoms with Gasteiger partial charge in [-0.15, -0.1) is 0 Å². The molecule has 2 aromatic carbocycles. The number of amides is 1. The number of hydrogen-bond donors (Lipinski definition) is 3. The minimum Gasteiger partial charge on any atom is -0.495 e. The van der Waals surface area contributed by atoms with Crippen molar-refractivity contribution in [2.75, 3.05) is 12.4 Å². The number of rotatable bonds is 7. The molecule has 1 amide bonds.